The largest absolute Gasteiger partial charge is 0.309 e. The maximum absolute atomic E-state index is 2.43. The summed E-state index contributed by atoms with van der Waals surface area (Å²) in [4.78, 5) is 0. The quantitative estimate of drug-likeness (QED) is 0.110. The van der Waals surface area contributed by atoms with Crippen molar-refractivity contribution in [1.82, 2.24) is 27.4 Å². The Labute approximate surface area is 843 Å². The maximum Gasteiger partial charge on any atom is 0.0541 e. The Morgan fingerprint density at radius 3 is 0.705 bits per heavy atom. The molecule has 0 bridgehead atoms. The standard InChI is InChI=1S/C52H34N2.C48H32N2.C40H26N2/c1-2-13-35(14-3-1)41-17-6-7-18-42(41)37-25-29-40(30-26-37)53-49-22-10-8-20-44(49)46-33-38(27-31-51(46)53)39-28-32-52-47(34-39)45-21-9-11-23-50(45)54(52)48-24-12-16-36-15-4-5-19-43(36)48;1-4-14-33(15-5-1)39-27-26-38(32-42(39)34-16-6-2-7-17-34)50-46-23-13-11-21-41(46)44-31-36(25-29-48(44)50)35-24-28-47-43(30-35)40-20-10-12-22-45(40)49(47)37-18-8-3-9-19-37;1-2-12-31(13-3-1)41-37-16-8-6-14-33(37)35-25-29(19-22-39(35)41)30-20-23-40-36(26-30)34-15-7-9-17-38(34)42(40)32-21-18-27-10-4-5-11-28(27)24-32/h1-34H;1-32H;1-26H. The summed E-state index contributed by atoms with van der Waals surface area (Å²) in [6.07, 6.45) is 0. The Balaban J connectivity index is 0.000000107. The first-order chi connectivity index (χ1) is 72.4. The van der Waals surface area contributed by atoms with Gasteiger partial charge in [0, 0.05) is 98.5 Å². The van der Waals surface area contributed by atoms with Gasteiger partial charge in [-0.15, -0.1) is 0 Å². The predicted octanol–water partition coefficient (Wildman–Crippen LogP) is 37.6. The van der Waals surface area contributed by atoms with Crippen molar-refractivity contribution in [2.24, 2.45) is 0 Å². The molecule has 6 heteroatoms. The van der Waals surface area contributed by atoms with E-state index in [9.17, 15) is 0 Å². The Hall–Kier alpha value is -19.4. The van der Waals surface area contributed by atoms with Crippen molar-refractivity contribution < 1.29 is 0 Å². The molecule has 0 radical (unpaired) electrons. The molecule has 30 rings (SSSR count). The zero-order chi connectivity index (χ0) is 96.2. The first-order valence-corrected chi connectivity index (χ1v) is 50.2. The lowest BCUT2D eigenvalue weighted by Gasteiger charge is -2.15. The van der Waals surface area contributed by atoms with E-state index in [2.05, 4.69) is 586 Å². The second-order valence-corrected chi connectivity index (χ2v) is 38.1. The summed E-state index contributed by atoms with van der Waals surface area (Å²) in [6.45, 7) is 0. The van der Waals surface area contributed by atoms with Gasteiger partial charge in [-0.3, -0.25) is 0 Å². The van der Waals surface area contributed by atoms with Gasteiger partial charge in [-0.25, -0.2) is 0 Å². The highest BCUT2D eigenvalue weighted by Crippen LogP contribution is 2.47. The Morgan fingerprint density at radius 1 is 0.0959 bits per heavy atom. The van der Waals surface area contributed by atoms with Crippen LogP contribution in [0.4, 0.5) is 0 Å². The average Bonchev–Trinajstić information content (AvgIpc) is 1.59. The van der Waals surface area contributed by atoms with E-state index in [1.54, 1.807) is 0 Å². The minimum absolute atomic E-state index is 1.15. The SMILES string of the molecule is c1ccc(-c2ccc(-n3c4ccccc4c4cc(-c5ccc6c(c5)c5ccccc5n6-c5ccccc5)ccc43)cc2-c2ccccc2)cc1.c1ccc(-c2ccccc2-c2ccc(-n3c4ccccc4c4cc(-c5ccc6c(c5)c5ccccc5n6-c5cccc6ccccc56)ccc43)cc2)cc1.c1ccc(-n2c3ccccc3c3cc(-c4ccc5c(c4)c4ccccc4n5-c4ccc5ccccc5c4)ccc32)cc1. The fourth-order valence-electron chi connectivity index (χ4n) is 23.2. The fraction of sp³-hybridized carbons (Fsp3) is 0. The highest BCUT2D eigenvalue weighted by atomic mass is 15.0. The van der Waals surface area contributed by atoms with Crippen LogP contribution in [0.2, 0.25) is 0 Å². The molecule has 0 atom stereocenters. The summed E-state index contributed by atoms with van der Waals surface area (Å²) in [5, 5.41) is 20.1. The van der Waals surface area contributed by atoms with Crippen molar-refractivity contribution in [2.45, 2.75) is 0 Å². The smallest absolute Gasteiger partial charge is 0.0541 e. The zero-order valence-electron chi connectivity index (χ0n) is 79.8. The van der Waals surface area contributed by atoms with Gasteiger partial charge in [0.15, 0.2) is 0 Å². The lowest BCUT2D eigenvalue weighted by atomic mass is 9.94. The van der Waals surface area contributed by atoms with Crippen LogP contribution in [0.15, 0.2) is 558 Å². The van der Waals surface area contributed by atoms with Crippen LogP contribution in [0.25, 0.3) is 264 Å². The van der Waals surface area contributed by atoms with Crippen LogP contribution in [0, 0.1) is 0 Å². The molecule has 0 fully saturated rings. The van der Waals surface area contributed by atoms with Gasteiger partial charge in [0.25, 0.3) is 0 Å². The van der Waals surface area contributed by atoms with E-state index in [0.29, 0.717) is 0 Å². The molecule has 6 heterocycles. The highest BCUT2D eigenvalue weighted by molar-refractivity contribution is 6.18. The number of benzene rings is 24. The first-order valence-electron chi connectivity index (χ1n) is 50.2. The summed E-state index contributed by atoms with van der Waals surface area (Å²) in [6, 6.07) is 203. The molecule has 0 saturated carbocycles. The normalized spacial score (nSPS) is 11.7. The molecule has 0 aliphatic carbocycles. The monoisotopic (exact) mass is 1860 g/mol. The van der Waals surface area contributed by atoms with Crippen LogP contribution in [-0.2, 0) is 0 Å². The number of hydrogen-bond donors (Lipinski definition) is 0. The molecular formula is C140H92N6. The van der Waals surface area contributed by atoms with Gasteiger partial charge in [-0.1, -0.05) is 382 Å². The van der Waals surface area contributed by atoms with Crippen LogP contribution in [0.3, 0.4) is 0 Å². The third-order valence-electron chi connectivity index (χ3n) is 29.9. The molecule has 682 valence electrons. The molecule has 0 amide bonds. The summed E-state index contributed by atoms with van der Waals surface area (Å²) < 4.78 is 14.4. The van der Waals surface area contributed by atoms with E-state index < -0.39 is 0 Å². The van der Waals surface area contributed by atoms with Crippen molar-refractivity contribution in [1.29, 1.82) is 0 Å². The van der Waals surface area contributed by atoms with Crippen LogP contribution in [-0.4, -0.2) is 27.4 Å². The lowest BCUT2D eigenvalue weighted by Crippen LogP contribution is -1.96. The second kappa shape index (κ2) is 35.4. The van der Waals surface area contributed by atoms with Gasteiger partial charge in [-0.05, 0) is 270 Å². The van der Waals surface area contributed by atoms with Crippen molar-refractivity contribution >= 4 is 152 Å². The molecule has 6 aromatic heterocycles. The van der Waals surface area contributed by atoms with Crippen molar-refractivity contribution in [3.05, 3.63) is 558 Å². The number of para-hydroxylation sites is 8. The molecular weight excluding hydrogens is 1770 g/mol. The third kappa shape index (κ3) is 14.4. The van der Waals surface area contributed by atoms with Gasteiger partial charge >= 0.3 is 0 Å². The van der Waals surface area contributed by atoms with E-state index in [1.807, 2.05) is 0 Å². The molecule has 24 aromatic carbocycles. The Kier molecular flexibility index (Phi) is 20.5. The lowest BCUT2D eigenvalue weighted by molar-refractivity contribution is 1.18. The fourth-order valence-corrected chi connectivity index (χ4v) is 23.2. The highest BCUT2D eigenvalue weighted by Gasteiger charge is 2.24. The third-order valence-corrected chi connectivity index (χ3v) is 29.9. The first kappa shape index (κ1) is 84.7. The summed E-state index contributed by atoms with van der Waals surface area (Å²) in [5.41, 5.74) is 38.7. The number of hydrogen-bond acceptors (Lipinski definition) is 0. The van der Waals surface area contributed by atoms with Crippen molar-refractivity contribution in [3.8, 4) is 112 Å². The van der Waals surface area contributed by atoms with E-state index in [1.165, 1.54) is 253 Å². The molecule has 0 spiro atoms. The van der Waals surface area contributed by atoms with Crippen LogP contribution < -0.4 is 0 Å². The van der Waals surface area contributed by atoms with Gasteiger partial charge < -0.3 is 27.4 Å². The number of aromatic nitrogens is 6. The van der Waals surface area contributed by atoms with E-state index in [0.717, 1.165) is 11.4 Å². The van der Waals surface area contributed by atoms with Crippen LogP contribution in [0.5, 0.6) is 0 Å². The van der Waals surface area contributed by atoms with Crippen LogP contribution in [0.1, 0.15) is 0 Å². The van der Waals surface area contributed by atoms with Crippen LogP contribution >= 0.6 is 0 Å². The molecule has 0 saturated heterocycles. The van der Waals surface area contributed by atoms with Crippen molar-refractivity contribution in [3.63, 3.8) is 0 Å². The zero-order valence-corrected chi connectivity index (χ0v) is 79.8. The molecule has 0 unspecified atom stereocenters. The summed E-state index contributed by atoms with van der Waals surface area (Å²) in [5.74, 6) is 0. The van der Waals surface area contributed by atoms with Gasteiger partial charge in [0.2, 0.25) is 0 Å². The predicted molar refractivity (Wildman–Crippen MR) is 618 cm³/mol. The number of nitrogens with zero attached hydrogens (tertiary/aromatic N) is 6. The minimum atomic E-state index is 1.15. The molecule has 0 aliphatic heterocycles. The van der Waals surface area contributed by atoms with E-state index in [4.69, 9.17) is 0 Å². The minimum Gasteiger partial charge on any atom is -0.309 e. The molecule has 146 heavy (non-hydrogen) atoms. The van der Waals surface area contributed by atoms with E-state index >= 15 is 0 Å². The Bertz CT molecular complexity index is 10400. The second-order valence-electron chi connectivity index (χ2n) is 38.1. The maximum atomic E-state index is 2.43. The molecule has 0 aliphatic rings. The molecule has 6 nitrogen and oxygen atoms in total. The average molecular weight is 1860 g/mol. The van der Waals surface area contributed by atoms with E-state index in [-0.39, 0.29) is 0 Å². The van der Waals surface area contributed by atoms with Crippen molar-refractivity contribution in [2.75, 3.05) is 0 Å². The van der Waals surface area contributed by atoms with Gasteiger partial charge in [-0.2, -0.15) is 0 Å². The summed E-state index contributed by atoms with van der Waals surface area (Å²) >= 11 is 0. The number of fused-ring (bicyclic) bond motifs is 20. The van der Waals surface area contributed by atoms with Gasteiger partial charge in [0.1, 0.15) is 0 Å². The molecule has 0 N–H and O–H groups in total. The number of rotatable bonds is 13. The topological polar surface area (TPSA) is 29.6 Å². The summed E-state index contributed by atoms with van der Waals surface area (Å²) in [7, 11) is 0. The Morgan fingerprint density at radius 2 is 0.329 bits per heavy atom. The molecule has 30 aromatic rings. The van der Waals surface area contributed by atoms with Gasteiger partial charge in [0.05, 0.1) is 71.9 Å².